The maximum atomic E-state index is 8.77. The van der Waals surface area contributed by atoms with Crippen LogP contribution in [0.15, 0.2) is 36.5 Å². The molecule has 2 aromatic rings. The maximum absolute atomic E-state index is 8.77. The largest absolute Gasteiger partial charge is 0.396 e. The fourth-order valence-corrected chi connectivity index (χ4v) is 2.07. The molecule has 1 unspecified atom stereocenters. The molecule has 17 heavy (non-hydrogen) atoms. The predicted octanol–water partition coefficient (Wildman–Crippen LogP) is 2.40. The monoisotopic (exact) mass is 230 g/mol. The van der Waals surface area contributed by atoms with Gasteiger partial charge in [-0.2, -0.15) is 0 Å². The average molecular weight is 230 g/mol. The van der Waals surface area contributed by atoms with Crippen molar-refractivity contribution >= 4 is 10.9 Å². The second kappa shape index (κ2) is 5.75. The van der Waals surface area contributed by atoms with Gasteiger partial charge in [0.2, 0.25) is 0 Å². The van der Waals surface area contributed by atoms with E-state index in [-0.39, 0.29) is 12.6 Å². The van der Waals surface area contributed by atoms with E-state index in [4.69, 9.17) is 10.8 Å². The summed E-state index contributed by atoms with van der Waals surface area (Å²) in [4.78, 5) is 4.33. The molecule has 3 N–H and O–H groups in total. The van der Waals surface area contributed by atoms with Crippen LogP contribution in [0.4, 0.5) is 0 Å². The van der Waals surface area contributed by atoms with Crippen LogP contribution >= 0.6 is 0 Å². The van der Waals surface area contributed by atoms with Crippen LogP contribution in [0, 0.1) is 0 Å². The van der Waals surface area contributed by atoms with Crippen molar-refractivity contribution in [2.24, 2.45) is 5.73 Å². The summed E-state index contributed by atoms with van der Waals surface area (Å²) in [6.07, 6.45) is 4.48. The van der Waals surface area contributed by atoms with Crippen LogP contribution in [0.2, 0.25) is 0 Å². The summed E-state index contributed by atoms with van der Waals surface area (Å²) in [6, 6.07) is 10.1. The van der Waals surface area contributed by atoms with Crippen LogP contribution in [-0.2, 0) is 0 Å². The van der Waals surface area contributed by atoms with Gasteiger partial charge in [-0.1, -0.05) is 18.2 Å². The number of unbranched alkanes of at least 4 members (excludes halogenated alkanes) is 1. The van der Waals surface area contributed by atoms with E-state index in [1.165, 1.54) is 0 Å². The molecule has 0 amide bonds. The van der Waals surface area contributed by atoms with Gasteiger partial charge in [0.1, 0.15) is 0 Å². The second-order valence-corrected chi connectivity index (χ2v) is 4.24. The van der Waals surface area contributed by atoms with Gasteiger partial charge in [-0.25, -0.2) is 0 Å². The Bertz CT molecular complexity index is 479. The molecule has 1 aromatic carbocycles. The van der Waals surface area contributed by atoms with Crippen molar-refractivity contribution in [1.29, 1.82) is 0 Å². The number of hydrogen-bond donors (Lipinski definition) is 2. The molecule has 1 aromatic heterocycles. The number of hydrogen-bond acceptors (Lipinski definition) is 3. The molecule has 0 aliphatic heterocycles. The van der Waals surface area contributed by atoms with E-state index in [0.29, 0.717) is 0 Å². The number of benzene rings is 1. The first kappa shape index (κ1) is 12.0. The number of pyridine rings is 1. The summed E-state index contributed by atoms with van der Waals surface area (Å²) in [5, 5.41) is 9.90. The Hall–Kier alpha value is -1.45. The quantitative estimate of drug-likeness (QED) is 0.775. The Kier molecular flexibility index (Phi) is 4.07. The van der Waals surface area contributed by atoms with Gasteiger partial charge < -0.3 is 10.8 Å². The molecule has 2 rings (SSSR count). The number of para-hydroxylation sites is 1. The van der Waals surface area contributed by atoms with Crippen LogP contribution in [0.1, 0.15) is 30.9 Å². The van der Waals surface area contributed by atoms with Crippen molar-refractivity contribution in [2.75, 3.05) is 6.61 Å². The van der Waals surface area contributed by atoms with Gasteiger partial charge in [0.25, 0.3) is 0 Å². The number of aliphatic hydroxyl groups is 1. The van der Waals surface area contributed by atoms with Gasteiger partial charge in [0.05, 0.1) is 5.52 Å². The Morgan fingerprint density at radius 2 is 2.00 bits per heavy atom. The van der Waals surface area contributed by atoms with Gasteiger partial charge in [-0.05, 0) is 37.0 Å². The highest BCUT2D eigenvalue weighted by Crippen LogP contribution is 2.24. The minimum atomic E-state index is 0.0226. The Morgan fingerprint density at radius 3 is 2.82 bits per heavy atom. The molecule has 3 heteroatoms. The minimum Gasteiger partial charge on any atom is -0.396 e. The van der Waals surface area contributed by atoms with E-state index >= 15 is 0 Å². The molecule has 0 saturated heterocycles. The highest BCUT2D eigenvalue weighted by molar-refractivity contribution is 5.82. The van der Waals surface area contributed by atoms with E-state index in [9.17, 15) is 0 Å². The van der Waals surface area contributed by atoms with Gasteiger partial charge in [0, 0.05) is 24.2 Å². The third-order valence-electron chi connectivity index (χ3n) is 3.01. The first-order valence-electron chi connectivity index (χ1n) is 6.03. The second-order valence-electron chi connectivity index (χ2n) is 4.24. The summed E-state index contributed by atoms with van der Waals surface area (Å²) >= 11 is 0. The van der Waals surface area contributed by atoms with Crippen molar-refractivity contribution < 1.29 is 5.11 Å². The van der Waals surface area contributed by atoms with Crippen LogP contribution < -0.4 is 5.73 Å². The number of aromatic nitrogens is 1. The third-order valence-corrected chi connectivity index (χ3v) is 3.01. The zero-order valence-corrected chi connectivity index (χ0v) is 9.84. The summed E-state index contributed by atoms with van der Waals surface area (Å²) in [5.74, 6) is 0. The van der Waals surface area contributed by atoms with Crippen LogP contribution in [0.25, 0.3) is 10.9 Å². The molecule has 0 bridgehead atoms. The van der Waals surface area contributed by atoms with E-state index < -0.39 is 0 Å². The normalized spacial score (nSPS) is 12.8. The van der Waals surface area contributed by atoms with Gasteiger partial charge >= 0.3 is 0 Å². The Morgan fingerprint density at radius 1 is 1.18 bits per heavy atom. The number of rotatable bonds is 5. The smallest absolute Gasteiger partial charge is 0.0705 e. The average Bonchev–Trinajstić information content (AvgIpc) is 2.38. The van der Waals surface area contributed by atoms with Crippen LogP contribution in [0.3, 0.4) is 0 Å². The molecule has 90 valence electrons. The molecule has 1 atom stereocenters. The molecule has 1 heterocycles. The number of nitrogens with two attached hydrogens (primary N) is 1. The highest BCUT2D eigenvalue weighted by Gasteiger charge is 2.09. The minimum absolute atomic E-state index is 0.0226. The predicted molar refractivity (Wildman–Crippen MR) is 69.6 cm³/mol. The lowest BCUT2D eigenvalue weighted by atomic mass is 9.98. The Labute approximate surface area is 101 Å². The lowest BCUT2D eigenvalue weighted by molar-refractivity contribution is 0.281. The number of nitrogens with zero attached hydrogens (tertiary/aromatic N) is 1. The fourth-order valence-electron chi connectivity index (χ4n) is 2.07. The lowest BCUT2D eigenvalue weighted by Crippen LogP contribution is -2.11. The molecule has 0 aliphatic rings. The van der Waals surface area contributed by atoms with E-state index in [2.05, 4.69) is 11.1 Å². The maximum Gasteiger partial charge on any atom is 0.0705 e. The highest BCUT2D eigenvalue weighted by atomic mass is 16.2. The SMILES string of the molecule is NC(CCCCO)c1ccnc2ccccc12. The third kappa shape index (κ3) is 2.81. The standard InChI is InChI=1S/C14H18N2O/c15-13(6-3-4-10-17)11-8-9-16-14-7-2-1-5-12(11)14/h1-2,5,7-9,13,17H,3-4,6,10,15H2. The summed E-state index contributed by atoms with van der Waals surface area (Å²) in [6.45, 7) is 0.240. The van der Waals surface area contributed by atoms with E-state index in [1.807, 2.05) is 30.5 Å². The van der Waals surface area contributed by atoms with Crippen LogP contribution in [0.5, 0.6) is 0 Å². The van der Waals surface area contributed by atoms with Crippen molar-refractivity contribution in [1.82, 2.24) is 4.98 Å². The Balaban J connectivity index is 2.22. The molecular formula is C14H18N2O. The molecule has 0 fully saturated rings. The van der Waals surface area contributed by atoms with Crippen molar-refractivity contribution in [3.63, 3.8) is 0 Å². The van der Waals surface area contributed by atoms with E-state index in [0.717, 1.165) is 35.7 Å². The first-order chi connectivity index (χ1) is 8.33. The van der Waals surface area contributed by atoms with E-state index in [1.54, 1.807) is 0 Å². The summed E-state index contributed by atoms with van der Waals surface area (Å²) in [5.41, 5.74) is 8.33. The first-order valence-corrected chi connectivity index (χ1v) is 6.03. The molecule has 0 radical (unpaired) electrons. The zero-order valence-electron chi connectivity index (χ0n) is 9.84. The summed E-state index contributed by atoms with van der Waals surface area (Å²) in [7, 11) is 0. The lowest BCUT2D eigenvalue weighted by Gasteiger charge is -2.13. The van der Waals surface area contributed by atoms with Crippen LogP contribution in [-0.4, -0.2) is 16.7 Å². The molecule has 0 aliphatic carbocycles. The van der Waals surface area contributed by atoms with Crippen molar-refractivity contribution in [2.45, 2.75) is 25.3 Å². The van der Waals surface area contributed by atoms with Gasteiger partial charge in [0.15, 0.2) is 0 Å². The number of aliphatic hydroxyl groups excluding tert-OH is 1. The van der Waals surface area contributed by atoms with Gasteiger partial charge in [-0.3, -0.25) is 4.98 Å². The molecule has 0 spiro atoms. The summed E-state index contributed by atoms with van der Waals surface area (Å²) < 4.78 is 0. The molecular weight excluding hydrogens is 212 g/mol. The van der Waals surface area contributed by atoms with Crippen molar-refractivity contribution in [3.05, 3.63) is 42.1 Å². The molecule has 3 nitrogen and oxygen atoms in total. The van der Waals surface area contributed by atoms with Crippen molar-refractivity contribution in [3.8, 4) is 0 Å². The topological polar surface area (TPSA) is 59.1 Å². The molecule has 0 saturated carbocycles. The zero-order chi connectivity index (χ0) is 12.1. The fraction of sp³-hybridized carbons (Fsp3) is 0.357. The van der Waals surface area contributed by atoms with Gasteiger partial charge in [-0.15, -0.1) is 0 Å². The number of fused-ring (bicyclic) bond motifs is 1.